The average Bonchev–Trinajstić information content (AvgIpc) is 2.77. The van der Waals surface area contributed by atoms with Crippen molar-refractivity contribution < 1.29 is 9.84 Å². The fourth-order valence-electron chi connectivity index (χ4n) is 1.46. The lowest BCUT2D eigenvalue weighted by atomic mass is 10.2. The van der Waals surface area contributed by atoms with Gasteiger partial charge >= 0.3 is 0 Å². The minimum Gasteiger partial charge on any atom is -0.480 e. The highest BCUT2D eigenvalue weighted by atomic mass is 32.1. The average molecular weight is 273 g/mol. The molecule has 0 radical (unpaired) electrons. The first kappa shape index (κ1) is 15.2. The molecule has 6 heteroatoms. The van der Waals surface area contributed by atoms with Crippen molar-refractivity contribution in [2.45, 2.75) is 32.4 Å². The molecule has 5 nitrogen and oxygen atoms in total. The molecular formula is C12H23N3O2S. The molecule has 104 valence electrons. The number of aliphatic hydroxyl groups is 1. The van der Waals surface area contributed by atoms with Gasteiger partial charge in [-0.25, -0.2) is 0 Å². The van der Waals surface area contributed by atoms with E-state index in [1.807, 2.05) is 25.9 Å². The molecular weight excluding hydrogens is 250 g/mol. The first-order valence-corrected chi connectivity index (χ1v) is 6.99. The van der Waals surface area contributed by atoms with Crippen LogP contribution in [0.2, 0.25) is 0 Å². The van der Waals surface area contributed by atoms with Gasteiger partial charge in [-0.15, -0.1) is 0 Å². The molecule has 0 aromatic carbocycles. The van der Waals surface area contributed by atoms with E-state index in [9.17, 15) is 5.11 Å². The van der Waals surface area contributed by atoms with Crippen LogP contribution in [0, 0.1) is 0 Å². The second kappa shape index (κ2) is 7.56. The Bertz CT molecular complexity index is 355. The largest absolute Gasteiger partial charge is 0.480 e. The fraction of sp³-hybridized carbons (Fsp3) is 0.750. The number of thiazole rings is 1. The first-order valence-electron chi connectivity index (χ1n) is 6.18. The minimum atomic E-state index is -0.210. The zero-order valence-electron chi connectivity index (χ0n) is 11.6. The van der Waals surface area contributed by atoms with E-state index in [2.05, 4.69) is 10.3 Å². The predicted octanol–water partition coefficient (Wildman–Crippen LogP) is 1.47. The Morgan fingerprint density at radius 2 is 2.22 bits per heavy atom. The van der Waals surface area contributed by atoms with Crippen molar-refractivity contribution >= 4 is 16.5 Å². The van der Waals surface area contributed by atoms with Crippen molar-refractivity contribution in [3.63, 3.8) is 0 Å². The highest BCUT2D eigenvalue weighted by Gasteiger charge is 2.12. The maximum absolute atomic E-state index is 9.45. The summed E-state index contributed by atoms with van der Waals surface area (Å²) in [7, 11) is 5.57. The van der Waals surface area contributed by atoms with Crippen LogP contribution in [0.25, 0.3) is 0 Å². The third kappa shape index (κ3) is 4.44. The van der Waals surface area contributed by atoms with E-state index < -0.39 is 0 Å². The summed E-state index contributed by atoms with van der Waals surface area (Å²) in [5, 5.41) is 13.7. The summed E-state index contributed by atoms with van der Waals surface area (Å²) in [5.41, 5.74) is 0. The lowest BCUT2D eigenvalue weighted by molar-refractivity contribution is 0.159. The number of nitrogens with one attached hydrogen (secondary N) is 1. The zero-order valence-corrected chi connectivity index (χ0v) is 12.4. The zero-order chi connectivity index (χ0) is 13.5. The number of hydrogen-bond donors (Lipinski definition) is 2. The van der Waals surface area contributed by atoms with Gasteiger partial charge in [-0.2, -0.15) is 4.98 Å². The second-order valence-corrected chi connectivity index (χ2v) is 5.41. The van der Waals surface area contributed by atoms with Crippen molar-refractivity contribution in [2.24, 2.45) is 0 Å². The smallest absolute Gasteiger partial charge is 0.230 e. The van der Waals surface area contributed by atoms with Gasteiger partial charge in [0.15, 0.2) is 5.13 Å². The molecule has 2 N–H and O–H groups in total. The topological polar surface area (TPSA) is 57.6 Å². The van der Waals surface area contributed by atoms with Gasteiger partial charge in [0.25, 0.3) is 0 Å². The number of hydrogen-bond acceptors (Lipinski definition) is 6. The number of anilines is 1. The molecule has 1 aromatic heterocycles. The molecule has 1 atom stereocenters. The first-order chi connectivity index (χ1) is 8.58. The molecule has 0 spiro atoms. The van der Waals surface area contributed by atoms with Gasteiger partial charge in [0.1, 0.15) is 0 Å². The predicted molar refractivity (Wildman–Crippen MR) is 75.6 cm³/mol. The van der Waals surface area contributed by atoms with Gasteiger partial charge in [-0.05, 0) is 19.4 Å². The third-order valence-electron chi connectivity index (χ3n) is 2.64. The Labute approximate surface area is 113 Å². The van der Waals surface area contributed by atoms with E-state index in [4.69, 9.17) is 4.74 Å². The minimum absolute atomic E-state index is 0.210. The highest BCUT2D eigenvalue weighted by molar-refractivity contribution is 7.15. The van der Waals surface area contributed by atoms with E-state index in [-0.39, 0.29) is 6.10 Å². The van der Waals surface area contributed by atoms with E-state index in [1.165, 1.54) is 0 Å². The van der Waals surface area contributed by atoms with Gasteiger partial charge in [0, 0.05) is 20.6 Å². The molecule has 0 saturated heterocycles. The Balaban J connectivity index is 2.46. The van der Waals surface area contributed by atoms with Gasteiger partial charge in [0.05, 0.1) is 18.1 Å². The van der Waals surface area contributed by atoms with Gasteiger partial charge in [-0.3, -0.25) is 0 Å². The van der Waals surface area contributed by atoms with Crippen LogP contribution in [0.5, 0.6) is 5.88 Å². The van der Waals surface area contributed by atoms with Gasteiger partial charge in [-0.1, -0.05) is 18.3 Å². The molecule has 0 amide bonds. The van der Waals surface area contributed by atoms with Crippen molar-refractivity contribution in [1.29, 1.82) is 0 Å². The summed E-state index contributed by atoms with van der Waals surface area (Å²) in [6, 6.07) is 0. The monoisotopic (exact) mass is 273 g/mol. The summed E-state index contributed by atoms with van der Waals surface area (Å²) in [6.07, 6.45) is 1.37. The molecule has 1 heterocycles. The molecule has 0 fully saturated rings. The molecule has 1 rings (SSSR count). The maximum atomic E-state index is 9.45. The number of ether oxygens (including phenoxy) is 1. The quantitative estimate of drug-likeness (QED) is 0.702. The summed E-state index contributed by atoms with van der Waals surface area (Å²) in [6.45, 7) is 3.51. The SMILES string of the molecule is CCC(O)CCNCc1sc(N(C)C)nc1OC. The second-order valence-electron chi connectivity index (χ2n) is 4.35. The number of nitrogens with zero attached hydrogens (tertiary/aromatic N) is 2. The molecule has 0 saturated carbocycles. The van der Waals surface area contributed by atoms with E-state index in [0.717, 1.165) is 35.9 Å². The van der Waals surface area contributed by atoms with Gasteiger partial charge in [0.2, 0.25) is 5.88 Å². The number of rotatable bonds is 8. The molecule has 1 unspecified atom stereocenters. The number of aliphatic hydroxyl groups excluding tert-OH is 1. The Hall–Kier alpha value is -0.850. The van der Waals surface area contributed by atoms with Crippen LogP contribution in [0.3, 0.4) is 0 Å². The molecule has 0 aliphatic carbocycles. The van der Waals surface area contributed by atoms with Crippen molar-refractivity contribution in [3.8, 4) is 5.88 Å². The molecule has 1 aromatic rings. The van der Waals surface area contributed by atoms with Crippen molar-refractivity contribution in [1.82, 2.24) is 10.3 Å². The molecule has 18 heavy (non-hydrogen) atoms. The standard InChI is InChI=1S/C12H23N3O2S/c1-5-9(16)6-7-13-8-10-11(17-4)14-12(18-10)15(2)3/h9,13,16H,5-8H2,1-4H3. The van der Waals surface area contributed by atoms with Crippen LogP contribution in [-0.4, -0.2) is 43.9 Å². The van der Waals surface area contributed by atoms with E-state index >= 15 is 0 Å². The summed E-state index contributed by atoms with van der Waals surface area (Å²) < 4.78 is 5.26. The lowest BCUT2D eigenvalue weighted by Crippen LogP contribution is -2.19. The molecule has 0 aliphatic heterocycles. The summed E-state index contributed by atoms with van der Waals surface area (Å²) >= 11 is 1.62. The van der Waals surface area contributed by atoms with Gasteiger partial charge < -0.3 is 20.1 Å². The van der Waals surface area contributed by atoms with E-state index in [0.29, 0.717) is 5.88 Å². The number of methoxy groups -OCH3 is 1. The highest BCUT2D eigenvalue weighted by Crippen LogP contribution is 2.30. The molecule has 0 aliphatic rings. The van der Waals surface area contributed by atoms with Crippen LogP contribution in [0.15, 0.2) is 0 Å². The Morgan fingerprint density at radius 3 is 2.78 bits per heavy atom. The Kier molecular flexibility index (Phi) is 6.38. The van der Waals surface area contributed by atoms with Crippen LogP contribution in [-0.2, 0) is 6.54 Å². The van der Waals surface area contributed by atoms with E-state index in [1.54, 1.807) is 18.4 Å². The molecule has 0 bridgehead atoms. The number of aromatic nitrogens is 1. The summed E-state index contributed by atoms with van der Waals surface area (Å²) in [5.74, 6) is 0.687. The van der Waals surface area contributed by atoms with Crippen LogP contribution in [0.4, 0.5) is 5.13 Å². The Morgan fingerprint density at radius 1 is 1.50 bits per heavy atom. The van der Waals surface area contributed by atoms with Crippen LogP contribution in [0.1, 0.15) is 24.6 Å². The third-order valence-corrected chi connectivity index (χ3v) is 3.84. The normalized spacial score (nSPS) is 12.5. The van der Waals surface area contributed by atoms with Crippen LogP contribution >= 0.6 is 11.3 Å². The van der Waals surface area contributed by atoms with Crippen molar-refractivity contribution in [3.05, 3.63) is 4.88 Å². The maximum Gasteiger partial charge on any atom is 0.230 e. The lowest BCUT2D eigenvalue weighted by Gasteiger charge is -2.08. The van der Waals surface area contributed by atoms with Crippen molar-refractivity contribution in [2.75, 3.05) is 32.6 Å². The van der Waals surface area contributed by atoms with Crippen LogP contribution < -0.4 is 15.0 Å². The summed E-state index contributed by atoms with van der Waals surface area (Å²) in [4.78, 5) is 7.45. The fourth-order valence-corrected chi connectivity index (χ4v) is 2.39.